The molecule has 0 aromatic rings. The van der Waals surface area contributed by atoms with Crippen LogP contribution in [0, 0.1) is 0 Å². The number of ether oxygens (including phenoxy) is 4. The lowest BCUT2D eigenvalue weighted by atomic mass is 10.5. The van der Waals surface area contributed by atoms with Gasteiger partial charge < -0.3 is 23.7 Å². The molecule has 96 valence electrons. The molecule has 0 saturated heterocycles. The van der Waals surface area contributed by atoms with Crippen LogP contribution in [0.5, 0.6) is 0 Å². The summed E-state index contributed by atoms with van der Waals surface area (Å²) in [6.45, 7) is 6.56. The molecule has 0 unspecified atom stereocenters. The molecule has 0 amide bonds. The maximum Gasteiger partial charge on any atom is 0.122 e. The van der Waals surface area contributed by atoms with Crippen LogP contribution in [0.15, 0.2) is 0 Å². The van der Waals surface area contributed by atoms with E-state index >= 15 is 0 Å². The third-order valence-corrected chi connectivity index (χ3v) is 1.70. The van der Waals surface area contributed by atoms with Gasteiger partial charge in [0, 0.05) is 13.0 Å². The van der Waals surface area contributed by atoms with E-state index in [0.29, 0.717) is 52.7 Å². The summed E-state index contributed by atoms with van der Waals surface area (Å²) in [5.74, 6) is 0. The Labute approximate surface area is 97.0 Å². The fourth-order valence-electron chi connectivity index (χ4n) is 0.936. The molecule has 0 fully saturated rings. The Bertz CT molecular complexity index is 140. The summed E-state index contributed by atoms with van der Waals surface area (Å²) in [6.07, 6.45) is 1.29. The lowest BCUT2D eigenvalue weighted by Crippen LogP contribution is -2.12. The molecular formula is C11H22O5. The number of aldehydes is 1. The quantitative estimate of drug-likeness (QED) is 0.346. The van der Waals surface area contributed by atoms with Gasteiger partial charge in [-0.3, -0.25) is 0 Å². The van der Waals surface area contributed by atoms with Gasteiger partial charge in [0.25, 0.3) is 0 Å². The first kappa shape index (κ1) is 15.5. The lowest BCUT2D eigenvalue weighted by Gasteiger charge is -2.06. The van der Waals surface area contributed by atoms with Gasteiger partial charge in [0.05, 0.1) is 46.2 Å². The van der Waals surface area contributed by atoms with E-state index in [2.05, 4.69) is 0 Å². The van der Waals surface area contributed by atoms with Crippen LogP contribution in [-0.2, 0) is 23.7 Å². The van der Waals surface area contributed by atoms with Crippen LogP contribution in [0.1, 0.15) is 13.3 Å². The Kier molecular flexibility index (Phi) is 14.1. The van der Waals surface area contributed by atoms with Crippen LogP contribution in [0.3, 0.4) is 0 Å². The van der Waals surface area contributed by atoms with E-state index in [4.69, 9.17) is 18.9 Å². The molecule has 0 aromatic carbocycles. The van der Waals surface area contributed by atoms with E-state index in [9.17, 15) is 4.79 Å². The summed E-state index contributed by atoms with van der Waals surface area (Å²) in [7, 11) is 0. The van der Waals surface area contributed by atoms with E-state index in [0.717, 1.165) is 12.9 Å². The highest BCUT2D eigenvalue weighted by atomic mass is 16.6. The Hall–Kier alpha value is -0.490. The van der Waals surface area contributed by atoms with Gasteiger partial charge in [-0.15, -0.1) is 0 Å². The SMILES string of the molecule is CCOCCOCCOCCOCCC=O. The first-order valence-corrected chi connectivity index (χ1v) is 5.66. The lowest BCUT2D eigenvalue weighted by molar-refractivity contribution is -0.108. The van der Waals surface area contributed by atoms with Gasteiger partial charge in [0.1, 0.15) is 6.29 Å². The first-order valence-electron chi connectivity index (χ1n) is 5.66. The fraction of sp³-hybridized carbons (Fsp3) is 0.909. The zero-order valence-electron chi connectivity index (χ0n) is 9.98. The first-order chi connectivity index (χ1) is 7.91. The van der Waals surface area contributed by atoms with Gasteiger partial charge in [0.2, 0.25) is 0 Å². The van der Waals surface area contributed by atoms with Crippen molar-refractivity contribution in [3.8, 4) is 0 Å². The summed E-state index contributed by atoms with van der Waals surface area (Å²) in [5, 5.41) is 0. The normalized spacial score (nSPS) is 10.6. The predicted molar refractivity (Wildman–Crippen MR) is 59.6 cm³/mol. The average Bonchev–Trinajstić information content (AvgIpc) is 2.31. The minimum absolute atomic E-state index is 0.445. The Morgan fingerprint density at radius 2 is 1.19 bits per heavy atom. The molecule has 0 aliphatic heterocycles. The van der Waals surface area contributed by atoms with Crippen molar-refractivity contribution in [2.75, 3.05) is 52.9 Å². The molecule has 5 nitrogen and oxygen atoms in total. The van der Waals surface area contributed by atoms with Crippen molar-refractivity contribution in [2.45, 2.75) is 13.3 Å². The van der Waals surface area contributed by atoms with Gasteiger partial charge in [-0.1, -0.05) is 0 Å². The monoisotopic (exact) mass is 234 g/mol. The van der Waals surface area contributed by atoms with Gasteiger partial charge >= 0.3 is 0 Å². The predicted octanol–water partition coefficient (Wildman–Crippen LogP) is 0.662. The van der Waals surface area contributed by atoms with Crippen LogP contribution in [0.2, 0.25) is 0 Å². The van der Waals surface area contributed by atoms with E-state index in [-0.39, 0.29) is 0 Å². The summed E-state index contributed by atoms with van der Waals surface area (Å²) < 4.78 is 20.7. The van der Waals surface area contributed by atoms with Crippen molar-refractivity contribution in [2.24, 2.45) is 0 Å². The second-order valence-corrected chi connectivity index (χ2v) is 2.99. The molecule has 0 heterocycles. The molecule has 5 heteroatoms. The highest BCUT2D eigenvalue weighted by Crippen LogP contribution is 1.83. The Morgan fingerprint density at radius 3 is 1.62 bits per heavy atom. The summed E-state index contributed by atoms with van der Waals surface area (Å²) >= 11 is 0. The van der Waals surface area contributed by atoms with E-state index < -0.39 is 0 Å². The van der Waals surface area contributed by atoms with Crippen molar-refractivity contribution in [3.05, 3.63) is 0 Å². The highest BCUT2D eigenvalue weighted by Gasteiger charge is 1.91. The molecule has 0 rings (SSSR count). The van der Waals surface area contributed by atoms with Crippen molar-refractivity contribution in [3.63, 3.8) is 0 Å². The maximum absolute atomic E-state index is 9.95. The summed E-state index contributed by atoms with van der Waals surface area (Å²) in [4.78, 5) is 9.95. The largest absolute Gasteiger partial charge is 0.379 e. The van der Waals surface area contributed by atoms with Crippen molar-refractivity contribution < 1.29 is 23.7 Å². The Balaban J connectivity index is 2.85. The van der Waals surface area contributed by atoms with Crippen LogP contribution < -0.4 is 0 Å². The van der Waals surface area contributed by atoms with Crippen LogP contribution in [-0.4, -0.2) is 59.1 Å². The molecule has 16 heavy (non-hydrogen) atoms. The fourth-order valence-corrected chi connectivity index (χ4v) is 0.936. The molecule has 0 spiro atoms. The minimum Gasteiger partial charge on any atom is -0.379 e. The molecule has 0 bridgehead atoms. The van der Waals surface area contributed by atoms with Gasteiger partial charge in [-0.25, -0.2) is 0 Å². The van der Waals surface area contributed by atoms with Gasteiger partial charge in [-0.05, 0) is 6.92 Å². The van der Waals surface area contributed by atoms with Gasteiger partial charge in [-0.2, -0.15) is 0 Å². The van der Waals surface area contributed by atoms with E-state index in [1.54, 1.807) is 0 Å². The molecule has 0 aliphatic rings. The second-order valence-electron chi connectivity index (χ2n) is 2.99. The third-order valence-electron chi connectivity index (χ3n) is 1.70. The van der Waals surface area contributed by atoms with Crippen molar-refractivity contribution in [1.82, 2.24) is 0 Å². The standard InChI is InChI=1S/C11H22O5/c1-2-13-6-7-15-10-11-16-9-8-14-5-3-4-12/h4H,2-3,5-11H2,1H3. The highest BCUT2D eigenvalue weighted by molar-refractivity contribution is 5.49. The number of carbonyl (C=O) groups is 1. The van der Waals surface area contributed by atoms with E-state index in [1.165, 1.54) is 0 Å². The Morgan fingerprint density at radius 1 is 0.750 bits per heavy atom. The number of rotatable bonds is 13. The van der Waals surface area contributed by atoms with Crippen LogP contribution in [0.4, 0.5) is 0 Å². The van der Waals surface area contributed by atoms with Crippen molar-refractivity contribution >= 4 is 6.29 Å². The minimum atomic E-state index is 0.445. The maximum atomic E-state index is 9.95. The number of hydrogen-bond acceptors (Lipinski definition) is 5. The number of hydrogen-bond donors (Lipinski definition) is 0. The molecular weight excluding hydrogens is 212 g/mol. The molecule has 0 aliphatic carbocycles. The zero-order valence-corrected chi connectivity index (χ0v) is 9.98. The van der Waals surface area contributed by atoms with E-state index in [1.807, 2.05) is 6.92 Å². The average molecular weight is 234 g/mol. The van der Waals surface area contributed by atoms with Gasteiger partial charge in [0.15, 0.2) is 0 Å². The topological polar surface area (TPSA) is 54.0 Å². The summed E-state index contributed by atoms with van der Waals surface area (Å²) in [5.41, 5.74) is 0. The molecule has 0 saturated carbocycles. The number of carbonyl (C=O) groups excluding carboxylic acids is 1. The van der Waals surface area contributed by atoms with Crippen LogP contribution in [0.25, 0.3) is 0 Å². The van der Waals surface area contributed by atoms with Crippen molar-refractivity contribution in [1.29, 1.82) is 0 Å². The third kappa shape index (κ3) is 13.5. The smallest absolute Gasteiger partial charge is 0.122 e. The molecule has 0 atom stereocenters. The zero-order chi connectivity index (χ0) is 11.9. The second kappa shape index (κ2) is 14.5. The molecule has 0 aromatic heterocycles. The molecule has 0 radical (unpaired) electrons. The molecule has 0 N–H and O–H groups in total. The summed E-state index contributed by atoms with van der Waals surface area (Å²) in [6, 6.07) is 0. The van der Waals surface area contributed by atoms with Crippen LogP contribution >= 0.6 is 0 Å².